The molecule has 2 aliphatic carbocycles. The van der Waals surface area contributed by atoms with Gasteiger partial charge in [0, 0.05) is 22.7 Å². The first-order chi connectivity index (χ1) is 15.4. The van der Waals surface area contributed by atoms with E-state index in [1.165, 1.54) is 24.4 Å². The van der Waals surface area contributed by atoms with Gasteiger partial charge in [-0.3, -0.25) is 19.7 Å². The Hall–Kier alpha value is -3.52. The summed E-state index contributed by atoms with van der Waals surface area (Å²) in [5.41, 5.74) is 1.01. The van der Waals surface area contributed by atoms with Crippen LogP contribution in [0.15, 0.2) is 59.7 Å². The standard InChI is InChI=1S/C23H18ClN3O5/c24-17-5-1-13(2-6-17)12-32-19-8-7-18(27(30)31)10-16(19)11-25-26-22(28)20-14-3-4-15(9-14)21(20)23(26)29/h1-8,10-11,14-15,20-21H,9,12H2/t14-,15-,20-,21+/m0/s1. The average molecular weight is 452 g/mol. The molecule has 2 fully saturated rings. The van der Waals surface area contributed by atoms with E-state index in [0.717, 1.165) is 17.0 Å². The molecule has 1 saturated heterocycles. The summed E-state index contributed by atoms with van der Waals surface area (Å²) < 4.78 is 5.83. The Morgan fingerprint density at radius 2 is 1.75 bits per heavy atom. The number of carbonyl (C=O) groups is 2. The molecule has 1 saturated carbocycles. The van der Waals surface area contributed by atoms with Gasteiger partial charge in [0.05, 0.1) is 23.0 Å². The van der Waals surface area contributed by atoms with Crippen molar-refractivity contribution in [2.75, 3.05) is 0 Å². The molecule has 0 aromatic heterocycles. The maximum Gasteiger partial charge on any atom is 0.270 e. The minimum atomic E-state index is -0.528. The maximum absolute atomic E-state index is 12.8. The predicted molar refractivity (Wildman–Crippen MR) is 116 cm³/mol. The lowest BCUT2D eigenvalue weighted by molar-refractivity contribution is -0.384. The number of amides is 2. The summed E-state index contributed by atoms with van der Waals surface area (Å²) >= 11 is 5.90. The molecule has 0 spiro atoms. The number of imide groups is 1. The largest absolute Gasteiger partial charge is 0.488 e. The fraction of sp³-hybridized carbons (Fsp3) is 0.261. The van der Waals surface area contributed by atoms with E-state index in [0.29, 0.717) is 16.3 Å². The molecular weight excluding hydrogens is 434 g/mol. The third-order valence-electron chi connectivity index (χ3n) is 6.27. The van der Waals surface area contributed by atoms with E-state index in [1.54, 1.807) is 12.1 Å². The molecule has 0 radical (unpaired) electrons. The number of hydrazone groups is 1. The van der Waals surface area contributed by atoms with Crippen molar-refractivity contribution in [3.63, 3.8) is 0 Å². The molecule has 2 bridgehead atoms. The number of halogens is 1. The van der Waals surface area contributed by atoms with Crippen LogP contribution in [0.3, 0.4) is 0 Å². The minimum Gasteiger partial charge on any atom is -0.488 e. The van der Waals surface area contributed by atoms with Crippen LogP contribution < -0.4 is 4.74 Å². The molecule has 1 heterocycles. The van der Waals surface area contributed by atoms with Crippen molar-refractivity contribution < 1.29 is 19.2 Å². The number of rotatable bonds is 6. The van der Waals surface area contributed by atoms with Crippen molar-refractivity contribution in [2.45, 2.75) is 13.0 Å². The number of hydrogen-bond donors (Lipinski definition) is 0. The molecule has 9 heteroatoms. The number of nitro benzene ring substituents is 1. The maximum atomic E-state index is 12.8. The molecule has 162 valence electrons. The second kappa shape index (κ2) is 7.87. The van der Waals surface area contributed by atoms with Gasteiger partial charge in [0.2, 0.25) is 0 Å². The number of non-ortho nitro benzene ring substituents is 1. The number of carbonyl (C=O) groups excluding carboxylic acids is 2. The van der Waals surface area contributed by atoms with Crippen LogP contribution in [0.2, 0.25) is 5.02 Å². The zero-order chi connectivity index (χ0) is 22.4. The molecule has 0 unspecified atom stereocenters. The van der Waals surface area contributed by atoms with Crippen molar-refractivity contribution in [1.82, 2.24) is 5.01 Å². The van der Waals surface area contributed by atoms with Gasteiger partial charge in [-0.2, -0.15) is 10.1 Å². The van der Waals surface area contributed by atoms with Gasteiger partial charge >= 0.3 is 0 Å². The van der Waals surface area contributed by atoms with Crippen molar-refractivity contribution in [1.29, 1.82) is 0 Å². The highest BCUT2D eigenvalue weighted by atomic mass is 35.5. The summed E-state index contributed by atoms with van der Waals surface area (Å²) in [6.07, 6.45) is 6.12. The highest BCUT2D eigenvalue weighted by Crippen LogP contribution is 2.52. The van der Waals surface area contributed by atoms with Crippen molar-refractivity contribution in [3.8, 4) is 5.75 Å². The van der Waals surface area contributed by atoms with Gasteiger partial charge in [0.1, 0.15) is 12.4 Å². The summed E-state index contributed by atoms with van der Waals surface area (Å²) in [6, 6.07) is 11.2. The molecule has 0 N–H and O–H groups in total. The second-order valence-electron chi connectivity index (χ2n) is 8.13. The Kier molecular flexibility index (Phi) is 5.01. The van der Waals surface area contributed by atoms with Crippen LogP contribution in [0.1, 0.15) is 17.5 Å². The highest BCUT2D eigenvalue weighted by Gasteiger charge is 2.59. The van der Waals surface area contributed by atoms with Crippen LogP contribution in [-0.4, -0.2) is 28.0 Å². The van der Waals surface area contributed by atoms with Gasteiger partial charge in [-0.05, 0) is 42.0 Å². The summed E-state index contributed by atoms with van der Waals surface area (Å²) in [7, 11) is 0. The number of benzene rings is 2. The smallest absolute Gasteiger partial charge is 0.270 e. The SMILES string of the molecule is O=C1[C@@H]2[C@H](C(=O)N1N=Cc1cc([N+](=O)[O-])ccc1OCc1ccc(Cl)cc1)[C@H]1C=C[C@H]2C1. The number of fused-ring (bicyclic) bond motifs is 5. The van der Waals surface area contributed by atoms with Crippen LogP contribution in [0.5, 0.6) is 5.75 Å². The summed E-state index contributed by atoms with van der Waals surface area (Å²) in [4.78, 5) is 36.3. The lowest BCUT2D eigenvalue weighted by Crippen LogP contribution is -2.28. The predicted octanol–water partition coefficient (Wildman–Crippen LogP) is 3.97. The van der Waals surface area contributed by atoms with E-state index >= 15 is 0 Å². The van der Waals surface area contributed by atoms with Crippen LogP contribution in [0, 0.1) is 33.8 Å². The molecule has 2 aromatic rings. The Labute approximate surface area is 188 Å². The van der Waals surface area contributed by atoms with E-state index in [-0.39, 0.29) is 47.8 Å². The first kappa shape index (κ1) is 20.4. The summed E-state index contributed by atoms with van der Waals surface area (Å²) in [5, 5.41) is 16.9. The van der Waals surface area contributed by atoms with Crippen LogP contribution in [0.4, 0.5) is 5.69 Å². The molecule has 5 rings (SSSR count). The summed E-state index contributed by atoms with van der Waals surface area (Å²) in [6.45, 7) is 0.205. The second-order valence-corrected chi connectivity index (χ2v) is 8.56. The van der Waals surface area contributed by atoms with E-state index in [2.05, 4.69) is 5.10 Å². The van der Waals surface area contributed by atoms with Gasteiger partial charge < -0.3 is 4.74 Å². The van der Waals surface area contributed by atoms with Crippen LogP contribution >= 0.6 is 11.6 Å². The van der Waals surface area contributed by atoms with E-state index in [4.69, 9.17) is 16.3 Å². The fourth-order valence-corrected chi connectivity index (χ4v) is 4.87. The molecule has 2 amide bonds. The number of hydrogen-bond acceptors (Lipinski definition) is 6. The number of nitro groups is 1. The lowest BCUT2D eigenvalue weighted by atomic mass is 9.85. The molecule has 8 nitrogen and oxygen atoms in total. The Morgan fingerprint density at radius 3 is 2.38 bits per heavy atom. The van der Waals surface area contributed by atoms with Gasteiger partial charge in [0.15, 0.2) is 0 Å². The van der Waals surface area contributed by atoms with Gasteiger partial charge in [0.25, 0.3) is 17.5 Å². The monoisotopic (exact) mass is 451 g/mol. The third-order valence-corrected chi connectivity index (χ3v) is 6.52. The zero-order valence-corrected chi connectivity index (χ0v) is 17.5. The fourth-order valence-electron chi connectivity index (χ4n) is 4.74. The number of allylic oxidation sites excluding steroid dienone is 2. The van der Waals surface area contributed by atoms with Crippen LogP contribution in [0.25, 0.3) is 0 Å². The first-order valence-electron chi connectivity index (χ1n) is 10.2. The minimum absolute atomic E-state index is 0.0812. The highest BCUT2D eigenvalue weighted by molar-refractivity contribution is 6.30. The van der Waals surface area contributed by atoms with Crippen LogP contribution in [-0.2, 0) is 16.2 Å². The van der Waals surface area contributed by atoms with Gasteiger partial charge in [-0.1, -0.05) is 35.9 Å². The molecule has 32 heavy (non-hydrogen) atoms. The van der Waals surface area contributed by atoms with E-state index in [1.807, 2.05) is 24.3 Å². The number of nitrogens with zero attached hydrogens (tertiary/aromatic N) is 3. The molecule has 4 atom stereocenters. The Bertz CT molecular complexity index is 1150. The molecule has 2 aromatic carbocycles. The van der Waals surface area contributed by atoms with Crippen molar-refractivity contribution in [3.05, 3.63) is 80.9 Å². The normalized spacial score (nSPS) is 25.7. The van der Waals surface area contributed by atoms with E-state index in [9.17, 15) is 19.7 Å². The van der Waals surface area contributed by atoms with Gasteiger partial charge in [-0.25, -0.2) is 0 Å². The summed E-state index contributed by atoms with van der Waals surface area (Å²) in [5.74, 6) is -0.851. The topological polar surface area (TPSA) is 102 Å². The number of ether oxygens (including phenoxy) is 1. The molecule has 1 aliphatic heterocycles. The zero-order valence-electron chi connectivity index (χ0n) is 16.8. The van der Waals surface area contributed by atoms with Crippen molar-refractivity contribution >= 4 is 35.3 Å². The molecule has 3 aliphatic rings. The quantitative estimate of drug-likeness (QED) is 0.217. The lowest BCUT2D eigenvalue weighted by Gasteiger charge is -2.13. The Balaban J connectivity index is 1.39. The third kappa shape index (κ3) is 3.46. The average Bonchev–Trinajstić information content (AvgIpc) is 3.46. The van der Waals surface area contributed by atoms with Crippen molar-refractivity contribution in [2.24, 2.45) is 28.8 Å². The van der Waals surface area contributed by atoms with Gasteiger partial charge in [-0.15, -0.1) is 0 Å². The van der Waals surface area contributed by atoms with E-state index < -0.39 is 4.92 Å². The first-order valence-corrected chi connectivity index (χ1v) is 10.6. The Morgan fingerprint density at radius 1 is 1.09 bits per heavy atom. The molecular formula is C23H18ClN3O5.